The Morgan fingerprint density at radius 2 is 1.69 bits per heavy atom. The number of aromatic nitrogens is 1. The number of benzene rings is 1. The Morgan fingerprint density at radius 1 is 0.923 bits per heavy atom. The maximum Gasteiger partial charge on any atom is 0.227 e. The highest BCUT2D eigenvalue weighted by Crippen LogP contribution is 2.36. The van der Waals surface area contributed by atoms with Gasteiger partial charge in [0.15, 0.2) is 0 Å². The summed E-state index contributed by atoms with van der Waals surface area (Å²) in [6.45, 7) is 7.52. The van der Waals surface area contributed by atoms with Gasteiger partial charge in [0.25, 0.3) is 0 Å². The highest BCUT2D eigenvalue weighted by molar-refractivity contribution is 5.97. The second kappa shape index (κ2) is 12.7. The van der Waals surface area contributed by atoms with E-state index in [2.05, 4.69) is 50.3 Å². The van der Waals surface area contributed by atoms with Crippen LogP contribution in [0.2, 0.25) is 0 Å². The molecular weight excluding hydrogens is 486 g/mol. The second-order valence-corrected chi connectivity index (χ2v) is 12.0. The molecule has 7 nitrogen and oxygen atoms in total. The summed E-state index contributed by atoms with van der Waals surface area (Å²) < 4.78 is 5.47. The molecule has 6 rings (SSSR count). The first-order valence-electron chi connectivity index (χ1n) is 15.5. The van der Waals surface area contributed by atoms with Crippen molar-refractivity contribution in [1.82, 2.24) is 9.88 Å². The number of amides is 1. The lowest BCUT2D eigenvalue weighted by Gasteiger charge is -2.38. The van der Waals surface area contributed by atoms with E-state index in [1.54, 1.807) is 0 Å². The third-order valence-corrected chi connectivity index (χ3v) is 9.35. The monoisotopic (exact) mass is 531 g/mol. The molecule has 4 heterocycles. The minimum atomic E-state index is 0.275. The fourth-order valence-electron chi connectivity index (χ4n) is 7.01. The van der Waals surface area contributed by atoms with Gasteiger partial charge in [-0.1, -0.05) is 19.3 Å². The molecule has 2 saturated heterocycles. The van der Waals surface area contributed by atoms with Gasteiger partial charge in [-0.25, -0.2) is 4.98 Å². The number of nitrogens with zero attached hydrogens (tertiary/aromatic N) is 4. The zero-order chi connectivity index (χ0) is 26.4. The molecule has 1 saturated carbocycles. The molecule has 1 aromatic carbocycles. The number of rotatable bonds is 8. The number of carbonyl (C=O) groups excluding carboxylic acids is 1. The van der Waals surface area contributed by atoms with Crippen molar-refractivity contribution < 1.29 is 9.53 Å². The fourth-order valence-corrected chi connectivity index (χ4v) is 7.01. The van der Waals surface area contributed by atoms with E-state index in [4.69, 9.17) is 9.72 Å². The molecule has 1 aliphatic carbocycles. The van der Waals surface area contributed by atoms with E-state index in [-0.39, 0.29) is 5.91 Å². The molecule has 0 unspecified atom stereocenters. The van der Waals surface area contributed by atoms with E-state index in [9.17, 15) is 4.79 Å². The van der Waals surface area contributed by atoms with Gasteiger partial charge in [-0.3, -0.25) is 9.69 Å². The van der Waals surface area contributed by atoms with E-state index < -0.39 is 0 Å². The molecule has 1 amide bonds. The number of fused-ring (bicyclic) bond motifs is 1. The van der Waals surface area contributed by atoms with E-state index in [1.807, 2.05) is 6.20 Å². The predicted octanol–water partition coefficient (Wildman–Crippen LogP) is 5.77. The quantitative estimate of drug-likeness (QED) is 0.467. The molecule has 3 fully saturated rings. The standard InChI is InChI=1S/C32H45N5O2/c38-32-13-8-26-24-33-31(23-30(26)37(32)29-6-2-1-3-7-29)34-27-9-11-28(12-10-27)36-17-14-25(15-18-36)5-4-16-35-19-21-39-22-20-35/h9-12,23-25,29H,1-8,13-22H2,(H,33,34). The lowest BCUT2D eigenvalue weighted by atomic mass is 9.91. The van der Waals surface area contributed by atoms with Gasteiger partial charge in [0.2, 0.25) is 5.91 Å². The summed E-state index contributed by atoms with van der Waals surface area (Å²) in [5, 5.41) is 3.50. The predicted molar refractivity (Wildman–Crippen MR) is 158 cm³/mol. The van der Waals surface area contributed by atoms with Crippen LogP contribution in [-0.2, 0) is 16.0 Å². The minimum absolute atomic E-state index is 0.275. The first kappa shape index (κ1) is 26.6. The summed E-state index contributed by atoms with van der Waals surface area (Å²) in [5.41, 5.74) is 4.61. The highest BCUT2D eigenvalue weighted by atomic mass is 16.5. The molecule has 3 aliphatic heterocycles. The van der Waals surface area contributed by atoms with Crippen LogP contribution < -0.4 is 15.1 Å². The van der Waals surface area contributed by atoms with Crippen molar-refractivity contribution in [1.29, 1.82) is 0 Å². The van der Waals surface area contributed by atoms with E-state index >= 15 is 0 Å². The molecule has 0 radical (unpaired) electrons. The number of carbonyl (C=O) groups is 1. The molecule has 1 N–H and O–H groups in total. The van der Waals surface area contributed by atoms with Crippen LogP contribution in [0.4, 0.5) is 22.9 Å². The topological polar surface area (TPSA) is 60.9 Å². The van der Waals surface area contributed by atoms with Gasteiger partial charge in [0.05, 0.1) is 18.9 Å². The summed E-state index contributed by atoms with van der Waals surface area (Å²) in [6, 6.07) is 11.2. The minimum Gasteiger partial charge on any atom is -0.379 e. The number of aryl methyl sites for hydroxylation is 1. The third kappa shape index (κ3) is 6.58. The molecule has 7 heteroatoms. The summed E-state index contributed by atoms with van der Waals surface area (Å²) in [6.07, 6.45) is 14.6. The summed E-state index contributed by atoms with van der Waals surface area (Å²) in [7, 11) is 0. The van der Waals surface area contributed by atoms with Crippen molar-refractivity contribution in [3.63, 3.8) is 0 Å². The molecular formula is C32H45N5O2. The van der Waals surface area contributed by atoms with Crippen molar-refractivity contribution in [2.45, 2.75) is 76.7 Å². The molecule has 2 aromatic rings. The van der Waals surface area contributed by atoms with Crippen LogP contribution >= 0.6 is 0 Å². The first-order chi connectivity index (χ1) is 19.2. The largest absolute Gasteiger partial charge is 0.379 e. The number of ether oxygens (including phenoxy) is 1. The molecule has 0 atom stereocenters. The summed E-state index contributed by atoms with van der Waals surface area (Å²) in [4.78, 5) is 24.8. The Labute approximate surface area is 233 Å². The molecule has 0 spiro atoms. The molecule has 4 aliphatic rings. The van der Waals surface area contributed by atoms with Crippen molar-refractivity contribution >= 4 is 28.8 Å². The number of morpholine rings is 1. The van der Waals surface area contributed by atoms with Gasteiger partial charge in [-0.05, 0) is 87.2 Å². The number of piperidine rings is 1. The Kier molecular flexibility index (Phi) is 8.65. The van der Waals surface area contributed by atoms with Crippen LogP contribution in [0.1, 0.15) is 69.8 Å². The average molecular weight is 532 g/mol. The van der Waals surface area contributed by atoms with Crippen molar-refractivity contribution in [2.24, 2.45) is 5.92 Å². The number of hydrogen-bond donors (Lipinski definition) is 1. The first-order valence-corrected chi connectivity index (χ1v) is 15.5. The molecule has 210 valence electrons. The van der Waals surface area contributed by atoms with Crippen LogP contribution in [0.25, 0.3) is 0 Å². The van der Waals surface area contributed by atoms with Crippen molar-refractivity contribution in [2.75, 3.05) is 61.1 Å². The Bertz CT molecular complexity index is 1090. The molecule has 1 aromatic heterocycles. The zero-order valence-corrected chi connectivity index (χ0v) is 23.5. The smallest absolute Gasteiger partial charge is 0.227 e. The van der Waals surface area contributed by atoms with Crippen LogP contribution in [0.3, 0.4) is 0 Å². The van der Waals surface area contributed by atoms with Crippen LogP contribution in [0.5, 0.6) is 0 Å². The summed E-state index contributed by atoms with van der Waals surface area (Å²) in [5.74, 6) is 1.95. The van der Waals surface area contributed by atoms with Gasteiger partial charge >= 0.3 is 0 Å². The number of nitrogens with one attached hydrogen (secondary N) is 1. The van der Waals surface area contributed by atoms with Crippen molar-refractivity contribution in [3.8, 4) is 0 Å². The number of pyridine rings is 1. The lowest BCUT2D eigenvalue weighted by Crippen LogP contribution is -2.44. The van der Waals surface area contributed by atoms with E-state index in [0.717, 1.165) is 81.8 Å². The maximum absolute atomic E-state index is 12.9. The van der Waals surface area contributed by atoms with Crippen LogP contribution in [-0.4, -0.2) is 67.8 Å². The van der Waals surface area contributed by atoms with Gasteiger partial charge < -0.3 is 19.9 Å². The summed E-state index contributed by atoms with van der Waals surface area (Å²) >= 11 is 0. The number of hydrogen-bond acceptors (Lipinski definition) is 6. The molecule has 0 bridgehead atoms. The van der Waals surface area contributed by atoms with Crippen molar-refractivity contribution in [3.05, 3.63) is 42.1 Å². The zero-order valence-electron chi connectivity index (χ0n) is 23.5. The lowest BCUT2D eigenvalue weighted by molar-refractivity contribution is -0.119. The Hall–Kier alpha value is -2.64. The average Bonchev–Trinajstić information content (AvgIpc) is 2.99. The van der Waals surface area contributed by atoms with Gasteiger partial charge in [0, 0.05) is 62.3 Å². The van der Waals surface area contributed by atoms with E-state index in [1.165, 1.54) is 62.7 Å². The van der Waals surface area contributed by atoms with Gasteiger partial charge in [-0.15, -0.1) is 0 Å². The second-order valence-electron chi connectivity index (χ2n) is 12.0. The van der Waals surface area contributed by atoms with Crippen LogP contribution in [0.15, 0.2) is 36.5 Å². The van der Waals surface area contributed by atoms with Gasteiger partial charge in [-0.2, -0.15) is 0 Å². The Morgan fingerprint density at radius 3 is 2.46 bits per heavy atom. The van der Waals surface area contributed by atoms with Crippen LogP contribution in [0, 0.1) is 5.92 Å². The third-order valence-electron chi connectivity index (χ3n) is 9.35. The maximum atomic E-state index is 12.9. The number of anilines is 4. The SMILES string of the molecule is O=C1CCc2cnc(Nc3ccc(N4CCC(CCCN5CCOCC5)CC4)cc3)cc2N1C1CCCCC1. The highest BCUT2D eigenvalue weighted by Gasteiger charge is 2.31. The fraction of sp³-hybridized carbons (Fsp3) is 0.625. The van der Waals surface area contributed by atoms with Gasteiger partial charge in [0.1, 0.15) is 5.82 Å². The van der Waals surface area contributed by atoms with E-state index in [0.29, 0.717) is 12.5 Å². The molecule has 39 heavy (non-hydrogen) atoms. The normalized spacial score (nSPS) is 21.7. The Balaban J connectivity index is 1.02.